The van der Waals surface area contributed by atoms with Gasteiger partial charge in [-0.05, 0) is 51.0 Å². The minimum atomic E-state index is -2.48. The van der Waals surface area contributed by atoms with E-state index in [2.05, 4.69) is 20.0 Å². The third-order valence-corrected chi connectivity index (χ3v) is 7.71. The zero-order chi connectivity index (χ0) is 24.2. The van der Waals surface area contributed by atoms with Crippen LogP contribution in [0.4, 0.5) is 14.7 Å². The van der Waals surface area contributed by atoms with Crippen molar-refractivity contribution in [3.05, 3.63) is 35.5 Å². The molecular formula is C25H31F2N7O. The Hall–Kier alpha value is -2.75. The number of halogens is 2. The van der Waals surface area contributed by atoms with Crippen LogP contribution in [-0.4, -0.2) is 61.9 Å². The monoisotopic (exact) mass is 483 g/mol. The van der Waals surface area contributed by atoms with Crippen LogP contribution >= 0.6 is 0 Å². The van der Waals surface area contributed by atoms with E-state index >= 15 is 0 Å². The Balaban J connectivity index is 0.000000240. The molecule has 1 spiro atoms. The lowest BCUT2D eigenvalue weighted by molar-refractivity contribution is -0.196. The molecule has 8 nitrogen and oxygen atoms in total. The summed E-state index contributed by atoms with van der Waals surface area (Å²) in [6.07, 6.45) is 8.04. The lowest BCUT2D eigenvalue weighted by Crippen LogP contribution is -2.53. The molecule has 10 heteroatoms. The number of anilines is 1. The number of nitrogens with zero attached hydrogens (tertiary/aromatic N) is 7. The summed E-state index contributed by atoms with van der Waals surface area (Å²) in [5, 5.41) is 4.09. The Kier molecular flexibility index (Phi) is 5.47. The first kappa shape index (κ1) is 22.7. The molecule has 4 fully saturated rings. The molecule has 4 aliphatic rings. The fourth-order valence-corrected chi connectivity index (χ4v) is 5.66. The van der Waals surface area contributed by atoms with E-state index in [0.29, 0.717) is 24.8 Å². The molecule has 0 aromatic carbocycles. The molecule has 3 saturated carbocycles. The molecule has 3 aromatic heterocycles. The van der Waals surface area contributed by atoms with Crippen molar-refractivity contribution in [1.29, 1.82) is 0 Å². The predicted octanol–water partition coefficient (Wildman–Crippen LogP) is 4.38. The highest BCUT2D eigenvalue weighted by atomic mass is 19.3. The molecule has 1 aliphatic heterocycles. The molecule has 0 atom stereocenters. The first-order valence-corrected chi connectivity index (χ1v) is 12.5. The maximum Gasteiger partial charge on any atom is 0.249 e. The Morgan fingerprint density at radius 3 is 2.31 bits per heavy atom. The van der Waals surface area contributed by atoms with Gasteiger partial charge < -0.3 is 9.64 Å². The first-order valence-electron chi connectivity index (χ1n) is 12.5. The lowest BCUT2D eigenvalue weighted by Gasteiger charge is -2.57. The lowest BCUT2D eigenvalue weighted by atomic mass is 9.49. The van der Waals surface area contributed by atoms with Crippen LogP contribution in [-0.2, 0) is 4.74 Å². The van der Waals surface area contributed by atoms with Crippen molar-refractivity contribution in [2.75, 3.05) is 31.2 Å². The van der Waals surface area contributed by atoms with Crippen molar-refractivity contribution in [2.24, 2.45) is 5.41 Å². The molecule has 4 heterocycles. The number of aryl methyl sites for hydroxylation is 2. The van der Waals surface area contributed by atoms with Gasteiger partial charge in [0.2, 0.25) is 11.9 Å². The van der Waals surface area contributed by atoms with Gasteiger partial charge in [-0.2, -0.15) is 10.1 Å². The van der Waals surface area contributed by atoms with Gasteiger partial charge in [-0.3, -0.25) is 4.68 Å². The van der Waals surface area contributed by atoms with Crippen LogP contribution < -0.4 is 4.90 Å². The van der Waals surface area contributed by atoms with Gasteiger partial charge in [-0.15, -0.1) is 0 Å². The third-order valence-electron chi connectivity index (χ3n) is 7.71. The van der Waals surface area contributed by atoms with E-state index in [1.54, 1.807) is 0 Å². The summed E-state index contributed by atoms with van der Waals surface area (Å²) in [5.41, 5.74) is 3.71. The average Bonchev–Trinajstić information content (AvgIpc) is 3.51. The molecule has 0 unspecified atom stereocenters. The Bertz CT molecular complexity index is 1210. The van der Waals surface area contributed by atoms with Gasteiger partial charge in [0.15, 0.2) is 5.65 Å². The summed E-state index contributed by atoms with van der Waals surface area (Å²) >= 11 is 0. The van der Waals surface area contributed by atoms with Crippen LogP contribution in [0.1, 0.15) is 67.6 Å². The minimum absolute atomic E-state index is 0.0135. The highest BCUT2D eigenvalue weighted by molar-refractivity contribution is 5.75. The molecule has 0 bridgehead atoms. The Labute approximate surface area is 203 Å². The highest BCUT2D eigenvalue weighted by Crippen LogP contribution is 2.67. The van der Waals surface area contributed by atoms with Gasteiger partial charge in [0, 0.05) is 44.2 Å². The number of hydrogen-bond acceptors (Lipinski definition) is 7. The molecule has 0 radical (unpaired) electrons. The smallest absolute Gasteiger partial charge is 0.249 e. The molecular weight excluding hydrogens is 452 g/mol. The van der Waals surface area contributed by atoms with Crippen LogP contribution in [0.3, 0.4) is 0 Å². The number of aromatic nitrogens is 6. The second kappa shape index (κ2) is 8.43. The van der Waals surface area contributed by atoms with E-state index in [9.17, 15) is 8.78 Å². The van der Waals surface area contributed by atoms with E-state index in [1.807, 2.05) is 37.0 Å². The van der Waals surface area contributed by atoms with E-state index in [4.69, 9.17) is 14.7 Å². The summed E-state index contributed by atoms with van der Waals surface area (Å²) in [7, 11) is 0. The van der Waals surface area contributed by atoms with Gasteiger partial charge >= 0.3 is 0 Å². The van der Waals surface area contributed by atoms with E-state index in [-0.39, 0.29) is 24.2 Å². The largest absolute Gasteiger partial charge is 0.378 e. The number of ether oxygens (including phenoxy) is 1. The Morgan fingerprint density at radius 1 is 0.971 bits per heavy atom. The van der Waals surface area contributed by atoms with Crippen molar-refractivity contribution >= 4 is 17.1 Å². The van der Waals surface area contributed by atoms with Crippen LogP contribution in [0, 0.1) is 19.3 Å². The van der Waals surface area contributed by atoms with E-state index in [1.165, 1.54) is 12.8 Å². The number of hydrogen-bond donors (Lipinski definition) is 0. The predicted molar refractivity (Wildman–Crippen MR) is 127 cm³/mol. The zero-order valence-corrected chi connectivity index (χ0v) is 20.3. The summed E-state index contributed by atoms with van der Waals surface area (Å²) in [5.74, 6) is -1.67. The average molecular weight is 484 g/mol. The van der Waals surface area contributed by atoms with Crippen molar-refractivity contribution in [1.82, 2.24) is 29.7 Å². The maximum absolute atomic E-state index is 13.4. The second-order valence-electron chi connectivity index (χ2n) is 10.6. The van der Waals surface area contributed by atoms with Gasteiger partial charge in [0.25, 0.3) is 0 Å². The molecule has 186 valence electrons. The quantitative estimate of drug-likeness (QED) is 0.547. The molecule has 35 heavy (non-hydrogen) atoms. The zero-order valence-electron chi connectivity index (χ0n) is 20.3. The van der Waals surface area contributed by atoms with Crippen molar-refractivity contribution in [2.45, 2.75) is 70.3 Å². The summed E-state index contributed by atoms with van der Waals surface area (Å²) in [6.45, 7) is 6.63. The number of alkyl halides is 2. The summed E-state index contributed by atoms with van der Waals surface area (Å²) in [4.78, 5) is 21.0. The maximum atomic E-state index is 13.4. The third kappa shape index (κ3) is 4.48. The van der Waals surface area contributed by atoms with Crippen molar-refractivity contribution in [3.8, 4) is 0 Å². The van der Waals surface area contributed by atoms with Crippen LogP contribution in [0.25, 0.3) is 11.2 Å². The molecule has 3 aliphatic carbocycles. The van der Waals surface area contributed by atoms with Crippen LogP contribution in [0.15, 0.2) is 18.5 Å². The Morgan fingerprint density at radius 2 is 1.69 bits per heavy atom. The minimum Gasteiger partial charge on any atom is -0.378 e. The topological polar surface area (TPSA) is 81.8 Å². The van der Waals surface area contributed by atoms with Crippen LogP contribution in [0.5, 0.6) is 0 Å². The first-order chi connectivity index (χ1) is 16.8. The molecule has 0 N–H and O–H groups in total. The van der Waals surface area contributed by atoms with Crippen molar-refractivity contribution in [3.63, 3.8) is 0 Å². The number of morpholine rings is 1. The summed E-state index contributed by atoms with van der Waals surface area (Å²) < 4.78 is 34.2. The summed E-state index contributed by atoms with van der Waals surface area (Å²) in [6, 6.07) is 2.71. The van der Waals surface area contributed by atoms with Gasteiger partial charge in [-0.25, -0.2) is 23.7 Å². The van der Waals surface area contributed by atoms with Crippen molar-refractivity contribution < 1.29 is 13.5 Å². The van der Waals surface area contributed by atoms with Gasteiger partial charge in [0.05, 0.1) is 36.3 Å². The SMILES string of the molecule is Cc1nc2nc(N3CCOCC3)nc(C3CC4(C3)CC(F)(F)C4)c2nc1C.c1cnn(C2CC2)c1. The van der Waals surface area contributed by atoms with Crippen LogP contribution in [0.2, 0.25) is 0 Å². The fourth-order valence-electron chi connectivity index (χ4n) is 5.66. The van der Waals surface area contributed by atoms with E-state index in [0.717, 1.165) is 54.6 Å². The second-order valence-corrected chi connectivity index (χ2v) is 10.6. The molecule has 3 aromatic rings. The number of rotatable bonds is 3. The molecule has 7 rings (SSSR count). The fraction of sp³-hybridized carbons (Fsp3) is 0.640. The van der Waals surface area contributed by atoms with Gasteiger partial charge in [0.1, 0.15) is 5.52 Å². The molecule has 1 saturated heterocycles. The highest BCUT2D eigenvalue weighted by Gasteiger charge is 2.62. The van der Waals surface area contributed by atoms with Gasteiger partial charge in [-0.1, -0.05) is 0 Å². The number of fused-ring (bicyclic) bond motifs is 1. The molecule has 0 amide bonds. The standard InChI is InChI=1S/C19H23F2N5O.C6H8N2/c1-11-12(2)23-16-15(22-11)14(13-7-18(8-13)9-19(20,21)10-18)24-17(25-16)26-3-5-27-6-4-26;1-4-7-8(5-1)6-2-3-6/h13H,3-10H2,1-2H3;1,4-6H,2-3H2. The normalized spacial score (nSPS) is 22.9. The van der Waals surface area contributed by atoms with E-state index < -0.39 is 5.92 Å².